The van der Waals surface area contributed by atoms with E-state index in [2.05, 4.69) is 5.32 Å². The van der Waals surface area contributed by atoms with Gasteiger partial charge in [0.1, 0.15) is 5.75 Å². The highest BCUT2D eigenvalue weighted by molar-refractivity contribution is 7.89. The Bertz CT molecular complexity index is 679. The number of anilines is 1. The van der Waals surface area contributed by atoms with Gasteiger partial charge in [-0.2, -0.15) is 4.31 Å². The van der Waals surface area contributed by atoms with Gasteiger partial charge in [0, 0.05) is 13.1 Å². The lowest BCUT2D eigenvalue weighted by molar-refractivity contribution is -0.117. The molecule has 26 heavy (non-hydrogen) atoms. The van der Waals surface area contributed by atoms with Crippen molar-refractivity contribution in [1.29, 1.82) is 0 Å². The molecule has 0 aliphatic rings. The Labute approximate surface area is 162 Å². The first-order valence-corrected chi connectivity index (χ1v) is 10.1. The summed E-state index contributed by atoms with van der Waals surface area (Å²) in [4.78, 5) is 12.3. The van der Waals surface area contributed by atoms with E-state index in [0.29, 0.717) is 37.6 Å². The standard InChI is InChI=1S/C17H29N3O4S.ClH/c1-5-9-14(18)17(21)19-15-12-13(10-11-16(15)24-8-4)25(22,23)20(6-2)7-3;/h10-12,14H,5-9,18H2,1-4H3,(H,19,21);1H. The number of rotatable bonds is 10. The van der Waals surface area contributed by atoms with E-state index in [0.717, 1.165) is 6.42 Å². The Hall–Kier alpha value is -1.35. The number of sulfonamides is 1. The molecule has 1 aromatic rings. The number of benzene rings is 1. The molecule has 3 N–H and O–H groups in total. The van der Waals surface area contributed by atoms with Crippen molar-refractivity contribution in [1.82, 2.24) is 4.31 Å². The Kier molecular flexibility index (Phi) is 10.8. The number of ether oxygens (including phenoxy) is 1. The molecule has 7 nitrogen and oxygen atoms in total. The molecule has 1 aromatic carbocycles. The van der Waals surface area contributed by atoms with Crippen LogP contribution in [-0.2, 0) is 14.8 Å². The molecular weight excluding hydrogens is 378 g/mol. The normalized spacial score (nSPS) is 12.4. The van der Waals surface area contributed by atoms with Crippen LogP contribution >= 0.6 is 12.4 Å². The Balaban J connectivity index is 0.00000625. The summed E-state index contributed by atoms with van der Waals surface area (Å²) in [5.74, 6) is 0.0539. The summed E-state index contributed by atoms with van der Waals surface area (Å²) in [6.07, 6.45) is 1.33. The van der Waals surface area contributed by atoms with Crippen LogP contribution in [0.25, 0.3) is 0 Å². The van der Waals surface area contributed by atoms with E-state index in [1.807, 2.05) is 13.8 Å². The molecule has 0 saturated heterocycles. The van der Waals surface area contributed by atoms with E-state index in [1.165, 1.54) is 16.4 Å². The van der Waals surface area contributed by atoms with E-state index in [4.69, 9.17) is 10.5 Å². The molecule has 0 aliphatic heterocycles. The van der Waals surface area contributed by atoms with Crippen molar-refractivity contribution in [3.05, 3.63) is 18.2 Å². The van der Waals surface area contributed by atoms with Crippen molar-refractivity contribution in [2.75, 3.05) is 25.0 Å². The maximum Gasteiger partial charge on any atom is 0.243 e. The van der Waals surface area contributed by atoms with E-state index >= 15 is 0 Å². The quantitative estimate of drug-likeness (QED) is 0.620. The van der Waals surface area contributed by atoms with Crippen LogP contribution in [-0.4, -0.2) is 44.4 Å². The summed E-state index contributed by atoms with van der Waals surface area (Å²) >= 11 is 0. The Morgan fingerprint density at radius 3 is 2.35 bits per heavy atom. The van der Waals surface area contributed by atoms with E-state index in [-0.39, 0.29) is 23.2 Å². The largest absolute Gasteiger partial charge is 0.492 e. The van der Waals surface area contributed by atoms with Gasteiger partial charge in [-0.15, -0.1) is 12.4 Å². The summed E-state index contributed by atoms with van der Waals surface area (Å²) in [6, 6.07) is 3.82. The molecule has 0 aromatic heterocycles. The van der Waals surface area contributed by atoms with Gasteiger partial charge in [0.2, 0.25) is 15.9 Å². The number of halogens is 1. The molecule has 0 fully saturated rings. The fourth-order valence-electron chi connectivity index (χ4n) is 2.43. The highest BCUT2D eigenvalue weighted by Crippen LogP contribution is 2.29. The second kappa shape index (κ2) is 11.4. The van der Waals surface area contributed by atoms with Gasteiger partial charge in [-0.3, -0.25) is 4.79 Å². The number of hydrogen-bond acceptors (Lipinski definition) is 5. The third kappa shape index (κ3) is 6.12. The van der Waals surface area contributed by atoms with Crippen LogP contribution in [0.4, 0.5) is 5.69 Å². The van der Waals surface area contributed by atoms with Crippen LogP contribution in [0.15, 0.2) is 23.1 Å². The van der Waals surface area contributed by atoms with Gasteiger partial charge < -0.3 is 15.8 Å². The first-order valence-electron chi connectivity index (χ1n) is 8.65. The number of hydrogen-bond donors (Lipinski definition) is 2. The van der Waals surface area contributed by atoms with Crippen molar-refractivity contribution < 1.29 is 17.9 Å². The number of nitrogens with two attached hydrogens (primary N) is 1. The van der Waals surface area contributed by atoms with Gasteiger partial charge in [0.25, 0.3) is 0 Å². The molecular formula is C17H30ClN3O4S. The summed E-state index contributed by atoms with van der Waals surface area (Å²) < 4.78 is 32.2. The topological polar surface area (TPSA) is 102 Å². The third-order valence-corrected chi connectivity index (χ3v) is 5.83. The lowest BCUT2D eigenvalue weighted by atomic mass is 10.1. The molecule has 0 heterocycles. The van der Waals surface area contributed by atoms with Gasteiger partial charge in [0.05, 0.1) is 23.2 Å². The molecule has 1 rings (SSSR count). The average Bonchev–Trinajstić information content (AvgIpc) is 2.57. The summed E-state index contributed by atoms with van der Waals surface area (Å²) in [7, 11) is -3.63. The monoisotopic (exact) mass is 407 g/mol. The minimum atomic E-state index is -3.63. The predicted octanol–water partition coefficient (Wildman–Crippen LogP) is 2.60. The van der Waals surface area contributed by atoms with Gasteiger partial charge in [-0.25, -0.2) is 8.42 Å². The maximum absolute atomic E-state index is 12.7. The number of carbonyl (C=O) groups excluding carboxylic acids is 1. The van der Waals surface area contributed by atoms with Crippen molar-refractivity contribution in [2.45, 2.75) is 51.5 Å². The summed E-state index contributed by atoms with van der Waals surface area (Å²) in [6.45, 7) is 8.45. The minimum absolute atomic E-state index is 0. The fourth-order valence-corrected chi connectivity index (χ4v) is 3.91. The maximum atomic E-state index is 12.7. The number of carbonyl (C=O) groups is 1. The van der Waals surface area contributed by atoms with Crippen LogP contribution in [0, 0.1) is 0 Å². The van der Waals surface area contributed by atoms with Crippen LogP contribution in [0.2, 0.25) is 0 Å². The second-order valence-electron chi connectivity index (χ2n) is 5.56. The third-order valence-electron chi connectivity index (χ3n) is 3.79. The zero-order chi connectivity index (χ0) is 19.0. The molecule has 1 atom stereocenters. The highest BCUT2D eigenvalue weighted by Gasteiger charge is 2.24. The van der Waals surface area contributed by atoms with Gasteiger partial charge in [-0.05, 0) is 31.5 Å². The molecule has 150 valence electrons. The molecule has 0 saturated carbocycles. The summed E-state index contributed by atoms with van der Waals surface area (Å²) in [5.41, 5.74) is 6.15. The zero-order valence-corrected chi connectivity index (χ0v) is 17.5. The van der Waals surface area contributed by atoms with Gasteiger partial charge in [-0.1, -0.05) is 27.2 Å². The van der Waals surface area contributed by atoms with Crippen LogP contribution in [0.5, 0.6) is 5.75 Å². The Morgan fingerprint density at radius 2 is 1.85 bits per heavy atom. The lowest BCUT2D eigenvalue weighted by Crippen LogP contribution is -2.35. The van der Waals surface area contributed by atoms with Crippen LogP contribution in [0.1, 0.15) is 40.5 Å². The molecule has 0 radical (unpaired) electrons. The number of nitrogens with zero attached hydrogens (tertiary/aromatic N) is 1. The highest BCUT2D eigenvalue weighted by atomic mass is 35.5. The van der Waals surface area contributed by atoms with Crippen molar-refractivity contribution in [3.8, 4) is 5.75 Å². The first-order chi connectivity index (χ1) is 11.8. The van der Waals surface area contributed by atoms with Crippen molar-refractivity contribution in [2.24, 2.45) is 5.73 Å². The van der Waals surface area contributed by atoms with Crippen LogP contribution < -0.4 is 15.8 Å². The second-order valence-corrected chi connectivity index (χ2v) is 7.50. The number of nitrogens with one attached hydrogen (secondary N) is 1. The summed E-state index contributed by atoms with van der Waals surface area (Å²) in [5, 5.41) is 2.70. The van der Waals surface area contributed by atoms with Crippen molar-refractivity contribution in [3.63, 3.8) is 0 Å². The molecule has 0 aliphatic carbocycles. The van der Waals surface area contributed by atoms with E-state index < -0.39 is 16.1 Å². The molecule has 0 bridgehead atoms. The number of amides is 1. The minimum Gasteiger partial charge on any atom is -0.492 e. The smallest absolute Gasteiger partial charge is 0.243 e. The predicted molar refractivity (Wildman–Crippen MR) is 106 cm³/mol. The lowest BCUT2D eigenvalue weighted by Gasteiger charge is -2.20. The molecule has 1 amide bonds. The molecule has 9 heteroatoms. The van der Waals surface area contributed by atoms with E-state index in [9.17, 15) is 13.2 Å². The van der Waals surface area contributed by atoms with Crippen molar-refractivity contribution >= 4 is 34.0 Å². The molecule has 0 spiro atoms. The van der Waals surface area contributed by atoms with E-state index in [1.54, 1.807) is 19.9 Å². The first kappa shape index (κ1) is 24.7. The average molecular weight is 408 g/mol. The molecule has 1 unspecified atom stereocenters. The van der Waals surface area contributed by atoms with Crippen LogP contribution in [0.3, 0.4) is 0 Å². The zero-order valence-electron chi connectivity index (χ0n) is 15.8. The van der Waals surface area contributed by atoms with Gasteiger partial charge >= 0.3 is 0 Å². The fraction of sp³-hybridized carbons (Fsp3) is 0.588. The Morgan fingerprint density at radius 1 is 1.23 bits per heavy atom. The SMILES string of the molecule is CCCC(N)C(=O)Nc1cc(S(=O)(=O)N(CC)CC)ccc1OCC.Cl. The van der Waals surface area contributed by atoms with Gasteiger partial charge in [0.15, 0.2) is 0 Å².